The number of rotatable bonds is 6. The number of aryl methyl sites for hydroxylation is 1. The molecule has 3 N–H and O–H groups in total. The van der Waals surface area contributed by atoms with E-state index in [0.29, 0.717) is 17.2 Å². The molecular weight excluding hydrogens is 396 g/mol. The predicted molar refractivity (Wildman–Crippen MR) is 104 cm³/mol. The summed E-state index contributed by atoms with van der Waals surface area (Å²) >= 11 is 0. The first-order valence-electron chi connectivity index (χ1n) is 8.56. The second-order valence-electron chi connectivity index (χ2n) is 6.32. The Bertz CT molecular complexity index is 1250. The largest absolute Gasteiger partial charge is 0.504 e. The number of anilines is 1. The number of phenols is 1. The number of fused-ring (bicyclic) bond motifs is 1. The van der Waals surface area contributed by atoms with Gasteiger partial charge in [0.05, 0.1) is 36.5 Å². The van der Waals surface area contributed by atoms with Gasteiger partial charge in [0.1, 0.15) is 5.56 Å². The maximum Gasteiger partial charge on any atom is 0.340 e. The van der Waals surface area contributed by atoms with E-state index >= 15 is 0 Å². The Kier molecular flexibility index (Phi) is 5.50. The lowest BCUT2D eigenvalue weighted by molar-refractivity contribution is -0.115. The minimum Gasteiger partial charge on any atom is -0.504 e. The molecule has 0 unspecified atom stereocenters. The van der Waals surface area contributed by atoms with Crippen molar-refractivity contribution < 1.29 is 33.8 Å². The van der Waals surface area contributed by atoms with Crippen molar-refractivity contribution in [3.8, 4) is 11.5 Å². The summed E-state index contributed by atoms with van der Waals surface area (Å²) in [6.45, 7) is 1.57. The molecule has 1 aromatic carbocycles. The Morgan fingerprint density at radius 3 is 2.67 bits per heavy atom. The summed E-state index contributed by atoms with van der Waals surface area (Å²) in [6, 6.07) is 2.63. The summed E-state index contributed by atoms with van der Waals surface area (Å²) in [7, 11) is 1.30. The number of nitrogens with zero attached hydrogens (tertiary/aromatic N) is 1. The van der Waals surface area contributed by atoms with Gasteiger partial charge in [-0.3, -0.25) is 14.6 Å². The highest BCUT2D eigenvalue weighted by atomic mass is 16.5. The van der Waals surface area contributed by atoms with Crippen LogP contribution in [-0.2, 0) is 11.2 Å². The number of carboxylic acid groups (broad SMARTS) is 1. The second-order valence-corrected chi connectivity index (χ2v) is 6.32. The summed E-state index contributed by atoms with van der Waals surface area (Å²) in [5, 5.41) is 21.9. The summed E-state index contributed by atoms with van der Waals surface area (Å²) in [4.78, 5) is 51.0. The number of ether oxygens (including phenoxy) is 1. The molecule has 0 aliphatic carbocycles. The molecule has 0 atom stereocenters. The van der Waals surface area contributed by atoms with Crippen molar-refractivity contribution in [3.63, 3.8) is 0 Å². The highest BCUT2D eigenvalue weighted by molar-refractivity contribution is 6.01. The maximum atomic E-state index is 12.5. The number of carboxylic acids is 1. The van der Waals surface area contributed by atoms with E-state index in [9.17, 15) is 24.3 Å². The van der Waals surface area contributed by atoms with Gasteiger partial charge in [-0.25, -0.2) is 9.59 Å². The zero-order valence-corrected chi connectivity index (χ0v) is 15.9. The molecule has 0 aliphatic rings. The molecule has 154 valence electrons. The SMILES string of the molecule is COc1cc2c(C)c(CC(=O)Nc3cncc(C(=O)O)c3)c(=O)oc2c(C=O)c1O. The number of aromatic carboxylic acids is 1. The average Bonchev–Trinajstić information content (AvgIpc) is 2.71. The third-order valence-corrected chi connectivity index (χ3v) is 4.50. The van der Waals surface area contributed by atoms with E-state index in [1.807, 2.05) is 0 Å². The van der Waals surface area contributed by atoms with Gasteiger partial charge in [0, 0.05) is 11.6 Å². The molecule has 0 radical (unpaired) electrons. The van der Waals surface area contributed by atoms with Crippen LogP contribution in [0.25, 0.3) is 11.0 Å². The smallest absolute Gasteiger partial charge is 0.340 e. The Morgan fingerprint density at radius 2 is 2.03 bits per heavy atom. The van der Waals surface area contributed by atoms with Crippen LogP contribution in [0.4, 0.5) is 5.69 Å². The maximum absolute atomic E-state index is 12.5. The number of methoxy groups -OCH3 is 1. The lowest BCUT2D eigenvalue weighted by Gasteiger charge is -2.12. The van der Waals surface area contributed by atoms with E-state index in [2.05, 4.69) is 10.3 Å². The molecule has 3 rings (SSSR count). The number of aromatic nitrogens is 1. The van der Waals surface area contributed by atoms with Gasteiger partial charge < -0.3 is 24.7 Å². The van der Waals surface area contributed by atoms with Gasteiger partial charge >= 0.3 is 11.6 Å². The molecule has 2 aromatic heterocycles. The molecule has 30 heavy (non-hydrogen) atoms. The van der Waals surface area contributed by atoms with Crippen molar-refractivity contribution in [2.24, 2.45) is 0 Å². The number of hydrogen-bond donors (Lipinski definition) is 3. The van der Waals surface area contributed by atoms with Crippen LogP contribution in [0, 0.1) is 6.92 Å². The van der Waals surface area contributed by atoms with Gasteiger partial charge in [-0.1, -0.05) is 0 Å². The fourth-order valence-corrected chi connectivity index (χ4v) is 2.97. The molecule has 0 spiro atoms. The van der Waals surface area contributed by atoms with Gasteiger partial charge in [-0.05, 0) is 24.6 Å². The molecule has 0 fully saturated rings. The lowest BCUT2D eigenvalue weighted by atomic mass is 10.0. The van der Waals surface area contributed by atoms with E-state index in [4.69, 9.17) is 14.3 Å². The molecule has 1 amide bonds. The number of benzene rings is 1. The van der Waals surface area contributed by atoms with Crippen LogP contribution >= 0.6 is 0 Å². The topological polar surface area (TPSA) is 156 Å². The quantitative estimate of drug-likeness (QED) is 0.406. The predicted octanol–water partition coefficient (Wildman–Crippen LogP) is 1.90. The summed E-state index contributed by atoms with van der Waals surface area (Å²) in [5.74, 6) is -2.25. The number of carbonyl (C=O) groups is 3. The van der Waals surface area contributed by atoms with Crippen LogP contribution in [0.5, 0.6) is 11.5 Å². The number of carbonyl (C=O) groups excluding carboxylic acids is 2. The number of aldehydes is 1. The fourth-order valence-electron chi connectivity index (χ4n) is 2.97. The number of aromatic hydroxyl groups is 1. The summed E-state index contributed by atoms with van der Waals surface area (Å²) < 4.78 is 10.3. The molecule has 0 bridgehead atoms. The third kappa shape index (κ3) is 3.70. The number of phenolic OH excluding ortho intramolecular Hbond substituents is 1. The first-order valence-corrected chi connectivity index (χ1v) is 8.56. The Balaban J connectivity index is 2.00. The van der Waals surface area contributed by atoms with Crippen molar-refractivity contribution in [1.82, 2.24) is 4.98 Å². The number of hydrogen-bond acceptors (Lipinski definition) is 8. The van der Waals surface area contributed by atoms with Gasteiger partial charge in [0.2, 0.25) is 5.91 Å². The van der Waals surface area contributed by atoms with E-state index in [0.717, 1.165) is 6.20 Å². The molecule has 3 aromatic rings. The minimum absolute atomic E-state index is 0.00788. The van der Waals surface area contributed by atoms with Crippen LogP contribution < -0.4 is 15.7 Å². The molecule has 2 heterocycles. The van der Waals surface area contributed by atoms with Gasteiger partial charge in [0.25, 0.3) is 0 Å². The number of pyridine rings is 1. The van der Waals surface area contributed by atoms with Crippen molar-refractivity contribution in [2.75, 3.05) is 12.4 Å². The first-order chi connectivity index (χ1) is 14.3. The summed E-state index contributed by atoms with van der Waals surface area (Å²) in [5.41, 5.74) is -0.757. The zero-order valence-electron chi connectivity index (χ0n) is 15.9. The number of nitrogens with one attached hydrogen (secondary N) is 1. The first kappa shape index (κ1) is 20.5. The van der Waals surface area contributed by atoms with Crippen LogP contribution in [0.1, 0.15) is 31.8 Å². The Morgan fingerprint density at radius 1 is 1.30 bits per heavy atom. The van der Waals surface area contributed by atoms with Crippen LogP contribution in [-0.4, -0.2) is 40.5 Å². The van der Waals surface area contributed by atoms with E-state index in [-0.39, 0.29) is 40.1 Å². The molecule has 10 nitrogen and oxygen atoms in total. The highest BCUT2D eigenvalue weighted by Crippen LogP contribution is 2.36. The van der Waals surface area contributed by atoms with Crippen molar-refractivity contribution >= 4 is 34.8 Å². The fraction of sp³-hybridized carbons (Fsp3) is 0.150. The van der Waals surface area contributed by atoms with E-state index in [1.54, 1.807) is 6.92 Å². The van der Waals surface area contributed by atoms with Crippen LogP contribution in [0.3, 0.4) is 0 Å². The van der Waals surface area contributed by atoms with Crippen molar-refractivity contribution in [1.29, 1.82) is 0 Å². The van der Waals surface area contributed by atoms with Crippen LogP contribution in [0.2, 0.25) is 0 Å². The highest BCUT2D eigenvalue weighted by Gasteiger charge is 2.21. The number of amides is 1. The normalized spacial score (nSPS) is 10.6. The Hall–Kier alpha value is -4.21. The minimum atomic E-state index is -1.20. The van der Waals surface area contributed by atoms with Crippen molar-refractivity contribution in [3.05, 3.63) is 57.2 Å². The molecule has 10 heteroatoms. The van der Waals surface area contributed by atoms with Gasteiger partial charge in [-0.15, -0.1) is 0 Å². The standard InChI is InChI=1S/C20H16N2O8/c1-9-12-4-15(29-2)17(25)14(8-23)18(12)30-20(28)13(9)5-16(24)22-11-3-10(19(26)27)6-21-7-11/h3-4,6-8,25H,5H2,1-2H3,(H,22,24)(H,26,27). The van der Waals surface area contributed by atoms with Gasteiger partial charge in [-0.2, -0.15) is 0 Å². The monoisotopic (exact) mass is 412 g/mol. The lowest BCUT2D eigenvalue weighted by Crippen LogP contribution is -2.21. The second kappa shape index (κ2) is 8.03. The van der Waals surface area contributed by atoms with Crippen LogP contribution in [0.15, 0.2) is 33.7 Å². The summed E-state index contributed by atoms with van der Waals surface area (Å²) in [6.07, 6.45) is 2.37. The average molecular weight is 412 g/mol. The van der Waals surface area contributed by atoms with E-state index in [1.165, 1.54) is 25.4 Å². The van der Waals surface area contributed by atoms with Crippen molar-refractivity contribution in [2.45, 2.75) is 13.3 Å². The molecule has 0 aliphatic heterocycles. The zero-order chi connectivity index (χ0) is 22.0. The Labute approximate surface area is 168 Å². The van der Waals surface area contributed by atoms with E-state index < -0.39 is 23.3 Å². The third-order valence-electron chi connectivity index (χ3n) is 4.50. The molecule has 0 saturated carbocycles. The molecule has 0 saturated heterocycles. The van der Waals surface area contributed by atoms with Gasteiger partial charge in [0.15, 0.2) is 23.4 Å². The molecular formula is C20H16N2O8.